The highest BCUT2D eigenvalue weighted by Gasteiger charge is 2.37. The van der Waals surface area contributed by atoms with Gasteiger partial charge in [-0.3, -0.25) is 9.59 Å². The van der Waals surface area contributed by atoms with Crippen LogP contribution in [0, 0.1) is 19.7 Å². The van der Waals surface area contributed by atoms with E-state index in [1.165, 1.54) is 30.5 Å². The third kappa shape index (κ3) is 5.36. The number of halogens is 1. The number of rotatable bonds is 7. The first kappa shape index (κ1) is 27.4. The van der Waals surface area contributed by atoms with Crippen LogP contribution in [-0.2, 0) is 4.79 Å². The van der Waals surface area contributed by atoms with Gasteiger partial charge in [-0.05, 0) is 74.9 Å². The number of fused-ring (bicyclic) bond motifs is 1. The molecule has 1 aliphatic heterocycles. The maximum atomic E-state index is 13.9. The zero-order valence-corrected chi connectivity index (χ0v) is 23.3. The molecule has 0 saturated heterocycles. The highest BCUT2D eigenvalue weighted by molar-refractivity contribution is 6.09. The van der Waals surface area contributed by atoms with Crippen LogP contribution in [0.1, 0.15) is 40.0 Å². The van der Waals surface area contributed by atoms with Gasteiger partial charge >= 0.3 is 0 Å². The maximum Gasteiger partial charge on any atom is 0.261 e. The molecular formula is C31H30FN5O4. The average molecular weight is 556 g/mol. The lowest BCUT2D eigenvalue weighted by Crippen LogP contribution is -2.32. The number of carbonyl (C=O) groups is 2. The van der Waals surface area contributed by atoms with E-state index in [0.29, 0.717) is 45.5 Å². The molecule has 9 nitrogen and oxygen atoms in total. The van der Waals surface area contributed by atoms with Crippen LogP contribution in [0.2, 0.25) is 0 Å². The van der Waals surface area contributed by atoms with Crippen LogP contribution in [0.15, 0.2) is 78.1 Å². The molecule has 1 atom stereocenters. The molecule has 1 unspecified atom stereocenters. The Morgan fingerprint density at radius 2 is 1.68 bits per heavy atom. The minimum absolute atomic E-state index is 0.245. The number of hydrogen-bond donors (Lipinski definition) is 3. The summed E-state index contributed by atoms with van der Waals surface area (Å²) in [5.41, 5.74) is 4.91. The number of nitrogens with one attached hydrogen (secondary N) is 3. The fourth-order valence-electron chi connectivity index (χ4n) is 4.93. The maximum absolute atomic E-state index is 13.9. The molecule has 210 valence electrons. The van der Waals surface area contributed by atoms with Gasteiger partial charge in [0.15, 0.2) is 0 Å². The van der Waals surface area contributed by atoms with Crippen molar-refractivity contribution in [3.05, 3.63) is 106 Å². The number of aromatic nitrogens is 2. The van der Waals surface area contributed by atoms with Crippen LogP contribution >= 0.6 is 0 Å². The Bertz CT molecular complexity index is 1680. The summed E-state index contributed by atoms with van der Waals surface area (Å²) in [5, 5.41) is 13.6. The monoisotopic (exact) mass is 555 g/mol. The number of amides is 2. The standard InChI is InChI=1S/C31H30FN5O4/c1-17-6-12-25(18(2)14-17)36-31(39)27-19(3)34-29-24(30(38)35-21-9-7-20(32)8-10-21)16-33-37(29)28(27)23-15-22(40-4)11-13-26(23)41-5/h6-16,28,34H,1-5H3,(H,35,38)(H,36,39). The third-order valence-electron chi connectivity index (χ3n) is 6.98. The van der Waals surface area contributed by atoms with E-state index in [-0.39, 0.29) is 11.5 Å². The van der Waals surface area contributed by atoms with Crippen molar-refractivity contribution in [2.45, 2.75) is 26.8 Å². The van der Waals surface area contributed by atoms with Gasteiger partial charge in [-0.1, -0.05) is 17.7 Å². The zero-order chi connectivity index (χ0) is 29.3. The van der Waals surface area contributed by atoms with E-state index >= 15 is 0 Å². The minimum Gasteiger partial charge on any atom is -0.497 e. The Balaban J connectivity index is 1.60. The fraction of sp³-hybridized carbons (Fsp3) is 0.194. The molecule has 41 heavy (non-hydrogen) atoms. The number of hydrogen-bond acceptors (Lipinski definition) is 6. The van der Waals surface area contributed by atoms with E-state index in [9.17, 15) is 14.0 Å². The lowest BCUT2D eigenvalue weighted by Gasteiger charge is -2.31. The number of nitrogens with zero attached hydrogens (tertiary/aromatic N) is 2. The van der Waals surface area contributed by atoms with Gasteiger partial charge in [0, 0.05) is 22.6 Å². The number of aryl methyl sites for hydroxylation is 2. The Labute approximate surface area is 237 Å². The van der Waals surface area contributed by atoms with Crippen LogP contribution < -0.4 is 25.4 Å². The first-order valence-electron chi connectivity index (χ1n) is 12.9. The van der Waals surface area contributed by atoms with Crippen molar-refractivity contribution in [3.8, 4) is 11.5 Å². The molecule has 5 rings (SSSR count). The van der Waals surface area contributed by atoms with Gasteiger partial charge in [-0.15, -0.1) is 0 Å². The van der Waals surface area contributed by atoms with Crippen molar-refractivity contribution in [1.82, 2.24) is 9.78 Å². The summed E-state index contributed by atoms with van der Waals surface area (Å²) >= 11 is 0. The second-order valence-corrected chi connectivity index (χ2v) is 9.76. The molecular weight excluding hydrogens is 525 g/mol. The molecule has 1 aromatic heterocycles. The summed E-state index contributed by atoms with van der Waals surface area (Å²) in [7, 11) is 3.10. The van der Waals surface area contributed by atoms with Crippen molar-refractivity contribution >= 4 is 29.0 Å². The topological polar surface area (TPSA) is 107 Å². The summed E-state index contributed by atoms with van der Waals surface area (Å²) in [6, 6.07) is 15.8. The van der Waals surface area contributed by atoms with Gasteiger partial charge in [0.2, 0.25) is 0 Å². The molecule has 3 N–H and O–H groups in total. The van der Waals surface area contributed by atoms with Crippen LogP contribution in [0.4, 0.5) is 21.6 Å². The number of ether oxygens (including phenoxy) is 2. The zero-order valence-electron chi connectivity index (χ0n) is 23.3. The lowest BCUT2D eigenvalue weighted by molar-refractivity contribution is -0.113. The quantitative estimate of drug-likeness (QED) is 0.265. The van der Waals surface area contributed by atoms with Gasteiger partial charge in [0.05, 0.1) is 26.0 Å². The summed E-state index contributed by atoms with van der Waals surface area (Å²) < 4.78 is 26.1. The molecule has 0 fully saturated rings. The number of anilines is 3. The van der Waals surface area contributed by atoms with E-state index in [1.54, 1.807) is 44.0 Å². The molecule has 10 heteroatoms. The third-order valence-corrected chi connectivity index (χ3v) is 6.98. The predicted molar refractivity (Wildman–Crippen MR) is 155 cm³/mol. The normalized spacial score (nSPS) is 14.1. The van der Waals surface area contributed by atoms with Gasteiger partial charge in [0.25, 0.3) is 11.8 Å². The Kier molecular flexibility index (Phi) is 7.47. The van der Waals surface area contributed by atoms with Crippen molar-refractivity contribution in [2.75, 3.05) is 30.2 Å². The van der Waals surface area contributed by atoms with Crippen LogP contribution in [0.3, 0.4) is 0 Å². The van der Waals surface area contributed by atoms with E-state index in [1.807, 2.05) is 32.0 Å². The van der Waals surface area contributed by atoms with Crippen molar-refractivity contribution in [1.29, 1.82) is 0 Å². The van der Waals surface area contributed by atoms with E-state index in [4.69, 9.17) is 9.47 Å². The molecule has 0 radical (unpaired) electrons. The van der Waals surface area contributed by atoms with Gasteiger partial charge in [-0.2, -0.15) is 5.10 Å². The Morgan fingerprint density at radius 3 is 2.37 bits per heavy atom. The molecule has 1 aliphatic rings. The summed E-state index contributed by atoms with van der Waals surface area (Å²) in [4.78, 5) is 27.2. The van der Waals surface area contributed by atoms with Gasteiger partial charge in [-0.25, -0.2) is 9.07 Å². The molecule has 3 aromatic carbocycles. The number of methoxy groups -OCH3 is 2. The molecule has 0 saturated carbocycles. The largest absolute Gasteiger partial charge is 0.497 e. The molecule has 0 bridgehead atoms. The molecule has 2 heterocycles. The average Bonchev–Trinajstić information content (AvgIpc) is 3.38. The van der Waals surface area contributed by atoms with Crippen LogP contribution in [-0.4, -0.2) is 35.8 Å². The van der Waals surface area contributed by atoms with Crippen LogP contribution in [0.25, 0.3) is 0 Å². The summed E-state index contributed by atoms with van der Waals surface area (Å²) in [6.45, 7) is 5.70. The summed E-state index contributed by atoms with van der Waals surface area (Å²) in [6.07, 6.45) is 1.43. The summed E-state index contributed by atoms with van der Waals surface area (Å²) in [5.74, 6) is 0.276. The SMILES string of the molecule is COc1ccc(OC)c(C2C(C(=O)Nc3ccc(C)cc3C)=C(C)Nc3c(C(=O)Nc4ccc(F)cc4)cnn32)c1. The van der Waals surface area contributed by atoms with Crippen molar-refractivity contribution in [3.63, 3.8) is 0 Å². The first-order valence-corrected chi connectivity index (χ1v) is 12.9. The molecule has 0 spiro atoms. The van der Waals surface area contributed by atoms with Gasteiger partial charge in [0.1, 0.15) is 34.7 Å². The number of benzene rings is 3. The smallest absolute Gasteiger partial charge is 0.261 e. The minimum atomic E-state index is -0.769. The first-order chi connectivity index (χ1) is 19.7. The Hall–Kier alpha value is -5.12. The number of carbonyl (C=O) groups excluding carboxylic acids is 2. The second kappa shape index (κ2) is 11.2. The highest BCUT2D eigenvalue weighted by atomic mass is 19.1. The molecule has 2 amide bonds. The Morgan fingerprint density at radius 1 is 0.927 bits per heavy atom. The lowest BCUT2D eigenvalue weighted by atomic mass is 9.93. The van der Waals surface area contributed by atoms with E-state index < -0.39 is 17.8 Å². The van der Waals surface area contributed by atoms with E-state index in [2.05, 4.69) is 21.0 Å². The van der Waals surface area contributed by atoms with Crippen LogP contribution in [0.5, 0.6) is 11.5 Å². The number of allylic oxidation sites excluding steroid dienone is 1. The predicted octanol–water partition coefficient (Wildman–Crippen LogP) is 5.84. The van der Waals surface area contributed by atoms with Crippen molar-refractivity contribution < 1.29 is 23.5 Å². The van der Waals surface area contributed by atoms with E-state index in [0.717, 1.165) is 11.1 Å². The highest BCUT2D eigenvalue weighted by Crippen LogP contribution is 2.42. The van der Waals surface area contributed by atoms with Crippen molar-refractivity contribution in [2.24, 2.45) is 0 Å². The van der Waals surface area contributed by atoms with Gasteiger partial charge < -0.3 is 25.4 Å². The second-order valence-electron chi connectivity index (χ2n) is 9.76. The molecule has 0 aliphatic carbocycles. The molecule has 4 aromatic rings. The fourth-order valence-corrected chi connectivity index (χ4v) is 4.93.